The smallest absolute Gasteiger partial charge is 0.407 e. The second-order valence-corrected chi connectivity index (χ2v) is 14.7. The van der Waals surface area contributed by atoms with Crippen LogP contribution in [0.15, 0.2) is 22.6 Å². The Bertz CT molecular complexity index is 1450. The average molecular weight is 656 g/mol. The number of nitrogens with one attached hydrogen (secondary N) is 2. The number of carbonyl (C=O) groups excluding carboxylic acids is 3. The van der Waals surface area contributed by atoms with Crippen molar-refractivity contribution in [2.24, 2.45) is 23.7 Å². The largest absolute Gasteiger partial charge is 0.475 e. The number of carboxylic acid groups (broad SMARTS) is 1. The summed E-state index contributed by atoms with van der Waals surface area (Å²) in [5, 5.41) is 16.0. The van der Waals surface area contributed by atoms with Gasteiger partial charge in [-0.15, -0.1) is 0 Å². The summed E-state index contributed by atoms with van der Waals surface area (Å²) < 4.78 is 24.4. The highest BCUT2D eigenvalue weighted by molar-refractivity contribution is 6.01. The van der Waals surface area contributed by atoms with Gasteiger partial charge in [0.25, 0.3) is 0 Å². The van der Waals surface area contributed by atoms with Gasteiger partial charge in [0.05, 0.1) is 6.67 Å². The third kappa shape index (κ3) is 8.09. The minimum Gasteiger partial charge on any atom is -0.475 e. The second kappa shape index (κ2) is 14.6. The molecule has 1 aliphatic heterocycles. The average Bonchev–Trinajstić information content (AvgIpc) is 3.62. The van der Waals surface area contributed by atoms with E-state index in [0.29, 0.717) is 60.4 Å². The molecule has 1 saturated heterocycles. The molecule has 3 aliphatic rings. The molecule has 3 N–H and O–H groups in total. The van der Waals surface area contributed by atoms with E-state index in [1.54, 1.807) is 45.9 Å². The molecule has 0 unspecified atom stereocenters. The number of fused-ring (bicyclic) bond motifs is 1. The lowest BCUT2D eigenvalue weighted by Gasteiger charge is -2.37. The van der Waals surface area contributed by atoms with E-state index in [1.165, 1.54) is 6.42 Å². The van der Waals surface area contributed by atoms with Crippen LogP contribution in [0.1, 0.15) is 108 Å². The molecule has 47 heavy (non-hydrogen) atoms. The molecule has 3 amide bonds. The number of halogens is 1. The van der Waals surface area contributed by atoms with Gasteiger partial charge in [0.15, 0.2) is 0 Å². The van der Waals surface area contributed by atoms with Crippen molar-refractivity contribution in [1.82, 2.24) is 10.2 Å². The van der Waals surface area contributed by atoms with Crippen LogP contribution in [-0.2, 0) is 14.3 Å². The fraction of sp³-hybridized carbons (Fsp3) is 0.667. The quantitative estimate of drug-likeness (QED) is 0.259. The maximum absolute atomic E-state index is 14.1. The van der Waals surface area contributed by atoms with Crippen LogP contribution in [0.4, 0.5) is 14.9 Å². The van der Waals surface area contributed by atoms with Crippen molar-refractivity contribution >= 4 is 40.5 Å². The number of hydrogen-bond acceptors (Lipinski definition) is 6. The minimum absolute atomic E-state index is 0.00344. The fourth-order valence-electron chi connectivity index (χ4n) is 8.18. The number of hydrogen-bond donors (Lipinski definition) is 3. The number of alkyl carbamates (subject to hydrolysis) is 1. The Balaban J connectivity index is 1.29. The van der Waals surface area contributed by atoms with Crippen molar-refractivity contribution in [2.75, 3.05) is 18.5 Å². The van der Waals surface area contributed by atoms with Gasteiger partial charge in [-0.3, -0.25) is 14.0 Å². The van der Waals surface area contributed by atoms with Crippen LogP contribution in [0, 0.1) is 30.6 Å². The minimum atomic E-state index is -1.15. The molecule has 0 spiro atoms. The summed E-state index contributed by atoms with van der Waals surface area (Å²) in [7, 11) is 0. The normalized spacial score (nSPS) is 24.6. The first-order chi connectivity index (χ1) is 22.4. The number of amides is 3. The molecule has 0 bridgehead atoms. The lowest BCUT2D eigenvalue weighted by molar-refractivity contribution is -0.142. The van der Waals surface area contributed by atoms with Gasteiger partial charge in [0, 0.05) is 35.1 Å². The number of furan rings is 1. The predicted octanol–water partition coefficient (Wildman–Crippen LogP) is 7.23. The molecule has 3 fully saturated rings. The first kappa shape index (κ1) is 34.7. The lowest BCUT2D eigenvalue weighted by Crippen LogP contribution is -2.50. The Hall–Kier alpha value is -3.63. The van der Waals surface area contributed by atoms with E-state index in [4.69, 9.17) is 9.15 Å². The molecular weight excluding hydrogens is 605 g/mol. The number of alkyl halides is 1. The standard InChI is InChI=1S/C36H50FN3O7/c1-21-27-20-25(14-15-29(27)46-31(21)34(43)44)38-32(41)30-26(22-8-6-5-7-9-22)17-19-40(30)33(42)24-12-10-23(11-13-24)28(16-18-37)39-35(45)47-36(2,3)4/h14-15,20,22-24,26,28,30H,5-13,16-19H2,1-4H3,(H,38,41)(H,39,45)(H,43,44)/t23?,24?,26-,28+,30-/m0/s1. The van der Waals surface area contributed by atoms with Crippen LogP contribution in [-0.4, -0.2) is 64.8 Å². The molecule has 11 heteroatoms. The van der Waals surface area contributed by atoms with Gasteiger partial charge in [-0.05, 0) is 102 Å². The zero-order valence-electron chi connectivity index (χ0n) is 28.1. The highest BCUT2D eigenvalue weighted by Crippen LogP contribution is 2.42. The molecule has 5 rings (SSSR count). The first-order valence-electron chi connectivity index (χ1n) is 17.3. The number of aryl methyl sites for hydroxylation is 1. The highest BCUT2D eigenvalue weighted by Gasteiger charge is 2.47. The summed E-state index contributed by atoms with van der Waals surface area (Å²) in [6, 6.07) is 4.14. The fourth-order valence-corrected chi connectivity index (χ4v) is 8.18. The molecule has 1 aromatic carbocycles. The summed E-state index contributed by atoms with van der Waals surface area (Å²) in [4.78, 5) is 54.1. The molecule has 258 valence electrons. The van der Waals surface area contributed by atoms with E-state index >= 15 is 0 Å². The Kier molecular flexibility index (Phi) is 10.8. The number of rotatable bonds is 9. The zero-order valence-corrected chi connectivity index (χ0v) is 28.1. The van der Waals surface area contributed by atoms with Crippen LogP contribution in [0.25, 0.3) is 11.0 Å². The van der Waals surface area contributed by atoms with Gasteiger partial charge in [-0.1, -0.05) is 32.1 Å². The Morgan fingerprint density at radius 1 is 1.04 bits per heavy atom. The van der Waals surface area contributed by atoms with Gasteiger partial charge in [-0.25, -0.2) is 9.59 Å². The van der Waals surface area contributed by atoms with E-state index in [-0.39, 0.29) is 47.8 Å². The van der Waals surface area contributed by atoms with E-state index in [9.17, 15) is 28.7 Å². The molecule has 0 radical (unpaired) electrons. The van der Waals surface area contributed by atoms with Gasteiger partial charge in [0.2, 0.25) is 17.6 Å². The third-order valence-corrected chi connectivity index (χ3v) is 10.5. The Labute approximate surface area is 276 Å². The Morgan fingerprint density at radius 2 is 1.74 bits per heavy atom. The second-order valence-electron chi connectivity index (χ2n) is 14.7. The first-order valence-corrected chi connectivity index (χ1v) is 17.3. The summed E-state index contributed by atoms with van der Waals surface area (Å²) in [5.74, 6) is -1.24. The molecular formula is C36H50FN3O7. The highest BCUT2D eigenvalue weighted by atomic mass is 19.1. The number of ether oxygens (including phenoxy) is 1. The molecule has 10 nitrogen and oxygen atoms in total. The molecule has 2 saturated carbocycles. The molecule has 2 aromatic rings. The summed E-state index contributed by atoms with van der Waals surface area (Å²) in [6.45, 7) is 7.01. The monoisotopic (exact) mass is 655 g/mol. The molecule has 2 aliphatic carbocycles. The van der Waals surface area contributed by atoms with Gasteiger partial charge in [0.1, 0.15) is 17.2 Å². The number of benzene rings is 1. The number of nitrogens with zero attached hydrogens (tertiary/aromatic N) is 1. The van der Waals surface area contributed by atoms with Crippen molar-refractivity contribution in [3.05, 3.63) is 29.5 Å². The van der Waals surface area contributed by atoms with Crippen molar-refractivity contribution in [3.8, 4) is 0 Å². The van der Waals surface area contributed by atoms with E-state index in [0.717, 1.165) is 32.1 Å². The lowest BCUT2D eigenvalue weighted by atomic mass is 9.75. The van der Waals surface area contributed by atoms with Crippen molar-refractivity contribution < 1.29 is 37.8 Å². The van der Waals surface area contributed by atoms with Crippen LogP contribution in [0.2, 0.25) is 0 Å². The summed E-state index contributed by atoms with van der Waals surface area (Å²) in [6.07, 6.45) is 8.57. The van der Waals surface area contributed by atoms with Crippen LogP contribution < -0.4 is 10.6 Å². The molecule has 1 aromatic heterocycles. The van der Waals surface area contributed by atoms with Crippen LogP contribution >= 0.6 is 0 Å². The van der Waals surface area contributed by atoms with E-state index in [1.807, 2.05) is 4.90 Å². The number of carboxylic acids is 1. The van der Waals surface area contributed by atoms with Crippen molar-refractivity contribution in [3.63, 3.8) is 0 Å². The zero-order chi connectivity index (χ0) is 33.9. The van der Waals surface area contributed by atoms with E-state index < -0.39 is 30.4 Å². The maximum atomic E-state index is 14.1. The third-order valence-electron chi connectivity index (χ3n) is 10.5. The maximum Gasteiger partial charge on any atom is 0.407 e. The van der Waals surface area contributed by atoms with E-state index in [2.05, 4.69) is 10.6 Å². The van der Waals surface area contributed by atoms with Crippen molar-refractivity contribution in [1.29, 1.82) is 0 Å². The van der Waals surface area contributed by atoms with Crippen LogP contribution in [0.5, 0.6) is 0 Å². The number of anilines is 1. The van der Waals surface area contributed by atoms with Crippen LogP contribution in [0.3, 0.4) is 0 Å². The van der Waals surface area contributed by atoms with Gasteiger partial charge >= 0.3 is 12.1 Å². The molecule has 3 atom stereocenters. The number of likely N-dealkylation sites (tertiary alicyclic amines) is 1. The predicted molar refractivity (Wildman–Crippen MR) is 176 cm³/mol. The number of carbonyl (C=O) groups is 4. The number of aromatic carboxylic acids is 1. The van der Waals surface area contributed by atoms with Gasteiger partial charge in [-0.2, -0.15) is 0 Å². The Morgan fingerprint density at radius 3 is 2.38 bits per heavy atom. The van der Waals surface area contributed by atoms with Gasteiger partial charge < -0.3 is 29.8 Å². The summed E-state index contributed by atoms with van der Waals surface area (Å²) in [5.41, 5.74) is 0.798. The molecule has 2 heterocycles. The van der Waals surface area contributed by atoms with Crippen molar-refractivity contribution in [2.45, 2.75) is 116 Å². The SMILES string of the molecule is Cc1c(C(=O)O)oc2ccc(NC(=O)[C@@H]3[C@H](C4CCCCC4)CCN3C(=O)C3CCC([C@@H](CCF)NC(=O)OC(C)(C)C)CC3)cc12. The summed E-state index contributed by atoms with van der Waals surface area (Å²) >= 11 is 0. The topological polar surface area (TPSA) is 138 Å².